The van der Waals surface area contributed by atoms with E-state index in [2.05, 4.69) is 0 Å². The second kappa shape index (κ2) is 5.42. The molecule has 2 atom stereocenters. The van der Waals surface area contributed by atoms with Crippen LogP contribution in [0.25, 0.3) is 0 Å². The first kappa shape index (κ1) is 14.6. The van der Waals surface area contributed by atoms with Gasteiger partial charge in [0, 0.05) is 16.9 Å². The molecule has 1 aromatic carbocycles. The molecule has 0 saturated carbocycles. The highest BCUT2D eigenvalue weighted by atomic mass is 16.7. The van der Waals surface area contributed by atoms with Gasteiger partial charge in [0.15, 0.2) is 0 Å². The van der Waals surface area contributed by atoms with Crippen LogP contribution in [0.5, 0.6) is 0 Å². The van der Waals surface area contributed by atoms with Gasteiger partial charge < -0.3 is 5.11 Å². The number of nitrogens with zero attached hydrogens (tertiary/aromatic N) is 2. The molecule has 0 bridgehead atoms. The Morgan fingerprint density at radius 3 is 2.16 bits per heavy atom. The zero-order chi connectivity index (χ0) is 14.6. The van der Waals surface area contributed by atoms with Gasteiger partial charge in [-0.05, 0) is 0 Å². The van der Waals surface area contributed by atoms with Gasteiger partial charge in [0.05, 0.1) is 4.92 Å². The van der Waals surface area contributed by atoms with Crippen molar-refractivity contribution in [2.24, 2.45) is 0 Å². The summed E-state index contributed by atoms with van der Waals surface area (Å²) < 4.78 is 0. The van der Waals surface area contributed by atoms with Crippen molar-refractivity contribution in [2.75, 3.05) is 0 Å². The van der Waals surface area contributed by atoms with Crippen molar-refractivity contribution in [1.29, 1.82) is 0 Å². The Balaban J connectivity index is 3.61. The smallest absolute Gasteiger partial charge is 0.406 e. The molecule has 1 N–H and O–H groups in total. The van der Waals surface area contributed by atoms with Gasteiger partial charge in [-0.3, -0.25) is 20.2 Å². The summed E-state index contributed by atoms with van der Waals surface area (Å²) >= 11 is 0. The molecule has 0 amide bonds. The van der Waals surface area contributed by atoms with Crippen molar-refractivity contribution >= 4 is 5.97 Å². The molecule has 0 spiro atoms. The predicted octanol–water partition coefficient (Wildman–Crippen LogP) is 1.30. The van der Waals surface area contributed by atoms with Crippen molar-refractivity contribution in [3.8, 4) is 0 Å². The lowest BCUT2D eigenvalue weighted by atomic mass is 9.82. The molecular formula is C11H12N2O6. The largest absolute Gasteiger partial charge is 0.475 e. The van der Waals surface area contributed by atoms with Crippen molar-refractivity contribution in [2.45, 2.75) is 24.9 Å². The van der Waals surface area contributed by atoms with Crippen LogP contribution >= 0.6 is 0 Å². The quantitative estimate of drug-likeness (QED) is 0.612. The Labute approximate surface area is 108 Å². The third-order valence-corrected chi connectivity index (χ3v) is 2.95. The van der Waals surface area contributed by atoms with Gasteiger partial charge in [-0.25, -0.2) is 4.79 Å². The SMILES string of the molecule is CCC([N+](=O)[O-])C(C(=O)O)(c1ccccc1)[N+](=O)[O-]. The minimum Gasteiger partial charge on any atom is -0.475 e. The summed E-state index contributed by atoms with van der Waals surface area (Å²) in [6.07, 6.45) is -0.269. The van der Waals surface area contributed by atoms with E-state index in [1.165, 1.54) is 31.2 Å². The number of nitro groups is 2. The molecule has 0 heterocycles. The number of benzene rings is 1. The molecule has 0 fully saturated rings. The Morgan fingerprint density at radius 1 is 1.32 bits per heavy atom. The average Bonchev–Trinajstić information content (AvgIpc) is 2.35. The summed E-state index contributed by atoms with van der Waals surface area (Å²) in [4.78, 5) is 31.7. The molecule has 0 aliphatic heterocycles. The Bertz CT molecular complexity index is 487. The van der Waals surface area contributed by atoms with Crippen molar-refractivity contribution in [1.82, 2.24) is 0 Å². The van der Waals surface area contributed by atoms with Gasteiger partial charge in [0.25, 0.3) is 6.04 Å². The van der Waals surface area contributed by atoms with Gasteiger partial charge in [0.1, 0.15) is 0 Å². The molecule has 8 heteroatoms. The first-order valence-corrected chi connectivity index (χ1v) is 5.45. The molecule has 0 radical (unpaired) electrons. The molecule has 2 unspecified atom stereocenters. The minimum atomic E-state index is -2.78. The molecule has 0 aromatic heterocycles. The van der Waals surface area contributed by atoms with E-state index in [1.807, 2.05) is 0 Å². The summed E-state index contributed by atoms with van der Waals surface area (Å²) in [5, 5.41) is 31.5. The first-order valence-electron chi connectivity index (χ1n) is 5.45. The molecule has 0 aliphatic carbocycles. The molecule has 0 aliphatic rings. The monoisotopic (exact) mass is 268 g/mol. The van der Waals surface area contributed by atoms with Crippen LogP contribution in [-0.4, -0.2) is 27.0 Å². The Morgan fingerprint density at radius 2 is 1.84 bits per heavy atom. The van der Waals surface area contributed by atoms with E-state index in [9.17, 15) is 30.1 Å². The van der Waals surface area contributed by atoms with Crippen LogP contribution in [0.2, 0.25) is 0 Å². The Kier molecular flexibility index (Phi) is 4.15. The number of carboxylic acids is 1. The number of carbonyl (C=O) groups is 1. The Hall–Kier alpha value is -2.51. The average molecular weight is 268 g/mol. The third-order valence-electron chi connectivity index (χ3n) is 2.95. The van der Waals surface area contributed by atoms with Crippen LogP contribution in [0, 0.1) is 20.2 Å². The predicted molar refractivity (Wildman–Crippen MR) is 63.8 cm³/mol. The van der Waals surface area contributed by atoms with Gasteiger partial charge >= 0.3 is 11.5 Å². The molecule has 1 aromatic rings. The zero-order valence-electron chi connectivity index (χ0n) is 10.1. The van der Waals surface area contributed by atoms with Crippen molar-refractivity contribution in [3.05, 3.63) is 56.1 Å². The highest BCUT2D eigenvalue weighted by molar-refractivity contribution is 5.80. The zero-order valence-corrected chi connectivity index (χ0v) is 10.1. The summed E-state index contributed by atoms with van der Waals surface area (Å²) in [7, 11) is 0. The maximum Gasteiger partial charge on any atom is 0.406 e. The lowest BCUT2D eigenvalue weighted by Crippen LogP contribution is -2.55. The summed E-state index contributed by atoms with van der Waals surface area (Å²) in [6, 6.07) is 4.93. The van der Waals surface area contributed by atoms with Crippen LogP contribution in [0.1, 0.15) is 18.9 Å². The number of carboxylic acid groups (broad SMARTS) is 1. The molecule has 102 valence electrons. The van der Waals surface area contributed by atoms with Gasteiger partial charge in [-0.2, -0.15) is 0 Å². The fourth-order valence-corrected chi connectivity index (χ4v) is 2.05. The van der Waals surface area contributed by atoms with Crippen molar-refractivity contribution < 1.29 is 19.7 Å². The van der Waals surface area contributed by atoms with E-state index in [1.54, 1.807) is 6.07 Å². The fourth-order valence-electron chi connectivity index (χ4n) is 2.05. The summed E-state index contributed by atoms with van der Waals surface area (Å²) in [5.41, 5.74) is -2.99. The molecule has 0 saturated heterocycles. The van der Waals surface area contributed by atoms with Crippen LogP contribution < -0.4 is 0 Å². The highest BCUT2D eigenvalue weighted by Crippen LogP contribution is 2.32. The third kappa shape index (κ3) is 2.24. The van der Waals surface area contributed by atoms with E-state index in [0.29, 0.717) is 0 Å². The van der Waals surface area contributed by atoms with E-state index in [4.69, 9.17) is 0 Å². The minimum absolute atomic E-state index is 0.212. The van der Waals surface area contributed by atoms with Crippen molar-refractivity contribution in [3.63, 3.8) is 0 Å². The second-order valence-electron chi connectivity index (χ2n) is 3.90. The van der Waals surface area contributed by atoms with Crippen LogP contribution in [-0.2, 0) is 10.3 Å². The normalized spacial score (nSPS) is 15.2. The molecular weight excluding hydrogens is 256 g/mol. The molecule has 1 rings (SSSR count). The van der Waals surface area contributed by atoms with Gasteiger partial charge in [0.2, 0.25) is 0 Å². The van der Waals surface area contributed by atoms with Crippen LogP contribution in [0.3, 0.4) is 0 Å². The maximum absolute atomic E-state index is 11.4. The number of hydrogen-bond acceptors (Lipinski definition) is 5. The molecule has 19 heavy (non-hydrogen) atoms. The van der Waals surface area contributed by atoms with E-state index in [0.717, 1.165) is 0 Å². The van der Waals surface area contributed by atoms with E-state index in [-0.39, 0.29) is 12.0 Å². The van der Waals surface area contributed by atoms with E-state index < -0.39 is 27.4 Å². The van der Waals surface area contributed by atoms with Crippen LogP contribution in [0.4, 0.5) is 0 Å². The maximum atomic E-state index is 11.4. The second-order valence-corrected chi connectivity index (χ2v) is 3.90. The highest BCUT2D eigenvalue weighted by Gasteiger charge is 2.65. The van der Waals surface area contributed by atoms with Crippen LogP contribution in [0.15, 0.2) is 30.3 Å². The number of rotatable bonds is 6. The van der Waals surface area contributed by atoms with Gasteiger partial charge in [-0.1, -0.05) is 37.3 Å². The fraction of sp³-hybridized carbons (Fsp3) is 0.364. The number of aliphatic carboxylic acids is 1. The summed E-state index contributed by atoms with van der Waals surface area (Å²) in [6.45, 7) is 1.34. The molecule has 8 nitrogen and oxygen atoms in total. The lowest BCUT2D eigenvalue weighted by molar-refractivity contribution is -0.649. The standard InChI is InChI=1S/C11H12N2O6/c1-2-9(12(16)17)11(10(14)15,13(18)19)8-6-4-3-5-7-8/h3-7,9H,2H2,1H3,(H,14,15). The number of hydrogen-bond donors (Lipinski definition) is 1. The first-order chi connectivity index (χ1) is 8.88. The topological polar surface area (TPSA) is 124 Å². The summed E-state index contributed by atoms with van der Waals surface area (Å²) in [5.74, 6) is -1.84. The lowest BCUT2D eigenvalue weighted by Gasteiger charge is -2.23. The van der Waals surface area contributed by atoms with Gasteiger partial charge in [-0.15, -0.1) is 0 Å². The van der Waals surface area contributed by atoms with E-state index >= 15 is 0 Å².